The molecule has 0 radical (unpaired) electrons. The summed E-state index contributed by atoms with van der Waals surface area (Å²) in [6.45, 7) is 4.53. The highest BCUT2D eigenvalue weighted by Crippen LogP contribution is 2.26. The second-order valence-electron chi connectivity index (χ2n) is 6.41. The number of benzene rings is 1. The number of nitro groups is 1. The number of nitriles is 1. The summed E-state index contributed by atoms with van der Waals surface area (Å²) in [5, 5.41) is 23.5. The van der Waals surface area contributed by atoms with Gasteiger partial charge in [-0.3, -0.25) is 15.0 Å². The van der Waals surface area contributed by atoms with E-state index < -0.39 is 4.92 Å². The molecule has 0 saturated carbocycles. The molecule has 2 aliphatic rings. The van der Waals surface area contributed by atoms with Crippen molar-refractivity contribution in [2.45, 2.75) is 25.3 Å². The summed E-state index contributed by atoms with van der Waals surface area (Å²) >= 11 is 0. The van der Waals surface area contributed by atoms with Crippen molar-refractivity contribution in [1.29, 1.82) is 5.26 Å². The van der Waals surface area contributed by atoms with Crippen molar-refractivity contribution in [1.82, 2.24) is 4.90 Å². The van der Waals surface area contributed by atoms with Crippen LogP contribution >= 0.6 is 0 Å². The fourth-order valence-corrected chi connectivity index (χ4v) is 3.63. The fourth-order valence-electron chi connectivity index (χ4n) is 3.63. The number of nitrogens with one attached hydrogen (secondary N) is 1. The number of hydrogen-bond donors (Lipinski definition) is 1. The molecule has 0 amide bonds. The predicted octanol–water partition coefficient (Wildman–Crippen LogP) is 2.38. The van der Waals surface area contributed by atoms with E-state index in [0.717, 1.165) is 39.3 Å². The summed E-state index contributed by atoms with van der Waals surface area (Å²) in [6.07, 6.45) is 3.52. The standard InChI is InChI=1S/C17H22N4O3/c18-10-14-9-15(21(22)23)3-4-16(14)19-11-17(13-5-8-24-12-13)20-6-1-2-7-20/h3-4,9,13,17,19H,1-2,5-8,11-12H2. The molecule has 0 aromatic heterocycles. The summed E-state index contributed by atoms with van der Waals surface area (Å²) in [5.74, 6) is 0.499. The van der Waals surface area contributed by atoms with Gasteiger partial charge in [-0.05, 0) is 38.4 Å². The van der Waals surface area contributed by atoms with Crippen molar-refractivity contribution in [3.05, 3.63) is 33.9 Å². The summed E-state index contributed by atoms with van der Waals surface area (Å²) in [6, 6.07) is 6.81. The van der Waals surface area contributed by atoms with E-state index >= 15 is 0 Å². The van der Waals surface area contributed by atoms with Crippen molar-refractivity contribution < 1.29 is 9.66 Å². The molecule has 2 heterocycles. The highest BCUT2D eigenvalue weighted by Gasteiger charge is 2.31. The first kappa shape index (κ1) is 16.7. The van der Waals surface area contributed by atoms with Crippen molar-refractivity contribution >= 4 is 11.4 Å². The number of non-ortho nitro benzene ring substituents is 1. The summed E-state index contributed by atoms with van der Waals surface area (Å²) in [5.41, 5.74) is 0.913. The molecule has 2 aliphatic heterocycles. The van der Waals surface area contributed by atoms with Gasteiger partial charge in [-0.1, -0.05) is 0 Å². The lowest BCUT2D eigenvalue weighted by molar-refractivity contribution is -0.384. The molecule has 0 bridgehead atoms. The zero-order valence-electron chi connectivity index (χ0n) is 13.6. The van der Waals surface area contributed by atoms with Gasteiger partial charge in [0.2, 0.25) is 0 Å². The minimum atomic E-state index is -0.479. The first-order valence-electron chi connectivity index (χ1n) is 8.43. The molecule has 1 aromatic carbocycles. The van der Waals surface area contributed by atoms with Crippen molar-refractivity contribution in [2.75, 3.05) is 38.2 Å². The van der Waals surface area contributed by atoms with Crippen molar-refractivity contribution in [3.63, 3.8) is 0 Å². The van der Waals surface area contributed by atoms with Crippen LogP contribution < -0.4 is 5.32 Å². The largest absolute Gasteiger partial charge is 0.382 e. The molecule has 1 aromatic rings. The lowest BCUT2D eigenvalue weighted by Crippen LogP contribution is -2.44. The molecule has 2 saturated heterocycles. The molecule has 128 valence electrons. The molecule has 1 N–H and O–H groups in total. The molecule has 0 spiro atoms. The summed E-state index contributed by atoms with van der Waals surface area (Å²) in [7, 11) is 0. The molecule has 7 nitrogen and oxygen atoms in total. The number of rotatable bonds is 6. The van der Waals surface area contributed by atoms with E-state index in [4.69, 9.17) is 4.74 Å². The van der Waals surface area contributed by atoms with Crippen LogP contribution in [-0.2, 0) is 4.74 Å². The molecule has 24 heavy (non-hydrogen) atoms. The van der Waals surface area contributed by atoms with Crippen molar-refractivity contribution in [3.8, 4) is 6.07 Å². The molecular weight excluding hydrogens is 308 g/mol. The van der Waals surface area contributed by atoms with Gasteiger partial charge < -0.3 is 10.1 Å². The SMILES string of the molecule is N#Cc1cc([N+](=O)[O-])ccc1NCC(C1CCOC1)N1CCCC1. The molecule has 0 aliphatic carbocycles. The van der Waals surface area contributed by atoms with E-state index in [1.165, 1.54) is 25.0 Å². The second-order valence-corrected chi connectivity index (χ2v) is 6.41. The van der Waals surface area contributed by atoms with Gasteiger partial charge in [0.15, 0.2) is 0 Å². The third-order valence-electron chi connectivity index (χ3n) is 4.95. The Morgan fingerprint density at radius 2 is 2.25 bits per heavy atom. The molecule has 2 atom stereocenters. The van der Waals surface area contributed by atoms with Crippen LogP contribution in [0.25, 0.3) is 0 Å². The van der Waals surface area contributed by atoms with Gasteiger partial charge in [0.1, 0.15) is 6.07 Å². The Morgan fingerprint density at radius 1 is 1.46 bits per heavy atom. The average Bonchev–Trinajstić information content (AvgIpc) is 3.29. The van der Waals surface area contributed by atoms with Gasteiger partial charge in [0.25, 0.3) is 5.69 Å². The Morgan fingerprint density at radius 3 is 2.88 bits per heavy atom. The van der Waals surface area contributed by atoms with E-state index in [-0.39, 0.29) is 5.69 Å². The van der Waals surface area contributed by atoms with E-state index in [1.54, 1.807) is 6.07 Å². The third-order valence-corrected chi connectivity index (χ3v) is 4.95. The number of hydrogen-bond acceptors (Lipinski definition) is 6. The van der Waals surface area contributed by atoms with Crippen LogP contribution in [-0.4, -0.2) is 48.7 Å². The highest BCUT2D eigenvalue weighted by molar-refractivity contribution is 5.61. The maximum Gasteiger partial charge on any atom is 0.270 e. The smallest absolute Gasteiger partial charge is 0.270 e. The molecule has 2 unspecified atom stereocenters. The predicted molar refractivity (Wildman–Crippen MR) is 89.8 cm³/mol. The van der Waals surface area contributed by atoms with Crippen LogP contribution in [0.3, 0.4) is 0 Å². The van der Waals surface area contributed by atoms with Crippen LogP contribution in [0.15, 0.2) is 18.2 Å². The maximum atomic E-state index is 10.8. The van der Waals surface area contributed by atoms with Crippen LogP contribution in [0, 0.1) is 27.4 Å². The topological polar surface area (TPSA) is 91.4 Å². The lowest BCUT2D eigenvalue weighted by Gasteiger charge is -2.32. The molecule has 7 heteroatoms. The Hall–Kier alpha value is -2.17. The zero-order valence-corrected chi connectivity index (χ0v) is 13.6. The van der Waals surface area contributed by atoms with Crippen LogP contribution in [0.2, 0.25) is 0 Å². The summed E-state index contributed by atoms with van der Waals surface area (Å²) in [4.78, 5) is 12.9. The summed E-state index contributed by atoms with van der Waals surface area (Å²) < 4.78 is 5.55. The number of likely N-dealkylation sites (tertiary alicyclic amines) is 1. The van der Waals surface area contributed by atoms with E-state index in [2.05, 4.69) is 10.2 Å². The second kappa shape index (κ2) is 7.60. The van der Waals surface area contributed by atoms with Crippen LogP contribution in [0.1, 0.15) is 24.8 Å². The Bertz CT molecular complexity index is 615. The Labute approximate surface area is 141 Å². The average molecular weight is 330 g/mol. The van der Waals surface area contributed by atoms with Gasteiger partial charge in [-0.2, -0.15) is 5.26 Å². The van der Waals surface area contributed by atoms with Gasteiger partial charge >= 0.3 is 0 Å². The Kier molecular flexibility index (Phi) is 5.28. The molecule has 3 rings (SSSR count). The maximum absolute atomic E-state index is 10.8. The highest BCUT2D eigenvalue weighted by atomic mass is 16.6. The van der Waals surface area contributed by atoms with E-state index in [1.807, 2.05) is 6.07 Å². The Balaban J connectivity index is 1.72. The fraction of sp³-hybridized carbons (Fsp3) is 0.588. The minimum Gasteiger partial charge on any atom is -0.382 e. The van der Waals surface area contributed by atoms with Crippen LogP contribution in [0.4, 0.5) is 11.4 Å². The number of nitrogens with zero attached hydrogens (tertiary/aromatic N) is 3. The number of nitro benzene ring substituents is 1. The van der Waals surface area contributed by atoms with E-state index in [9.17, 15) is 15.4 Å². The van der Waals surface area contributed by atoms with E-state index in [0.29, 0.717) is 23.2 Å². The van der Waals surface area contributed by atoms with Crippen molar-refractivity contribution in [2.24, 2.45) is 5.92 Å². The van der Waals surface area contributed by atoms with Gasteiger partial charge in [-0.25, -0.2) is 0 Å². The first-order chi connectivity index (χ1) is 11.7. The van der Waals surface area contributed by atoms with Gasteiger partial charge in [0, 0.05) is 37.2 Å². The monoisotopic (exact) mass is 330 g/mol. The zero-order chi connectivity index (χ0) is 16.9. The number of anilines is 1. The third kappa shape index (κ3) is 3.66. The lowest BCUT2D eigenvalue weighted by atomic mass is 9.97. The minimum absolute atomic E-state index is 0.0580. The molecule has 2 fully saturated rings. The first-order valence-corrected chi connectivity index (χ1v) is 8.43. The molecular formula is C17H22N4O3. The quantitative estimate of drug-likeness (QED) is 0.636. The number of ether oxygens (including phenoxy) is 1. The van der Waals surface area contributed by atoms with Crippen LogP contribution in [0.5, 0.6) is 0 Å². The van der Waals surface area contributed by atoms with Gasteiger partial charge in [0.05, 0.1) is 22.8 Å². The normalized spacial score (nSPS) is 22.2. The van der Waals surface area contributed by atoms with Gasteiger partial charge in [-0.15, -0.1) is 0 Å².